The van der Waals surface area contributed by atoms with E-state index < -0.39 is 0 Å². The average molecular weight is 291 g/mol. The first-order chi connectivity index (χ1) is 10.2. The Balaban J connectivity index is 1.70. The van der Waals surface area contributed by atoms with Gasteiger partial charge in [-0.3, -0.25) is 4.79 Å². The van der Waals surface area contributed by atoms with E-state index in [9.17, 15) is 9.18 Å². The van der Waals surface area contributed by atoms with Crippen LogP contribution in [0.5, 0.6) is 0 Å². The number of halogens is 1. The molecule has 1 aromatic carbocycles. The lowest BCUT2D eigenvalue weighted by molar-refractivity contribution is -0.117. The van der Waals surface area contributed by atoms with Crippen molar-refractivity contribution in [2.75, 3.05) is 5.32 Å². The van der Waals surface area contributed by atoms with E-state index in [-0.39, 0.29) is 17.6 Å². The second kappa shape index (κ2) is 8.16. The lowest BCUT2D eigenvalue weighted by Gasteiger charge is -2.08. The second-order valence-electron chi connectivity index (χ2n) is 6.01. The summed E-state index contributed by atoms with van der Waals surface area (Å²) >= 11 is 0. The van der Waals surface area contributed by atoms with E-state index in [1.807, 2.05) is 6.07 Å². The van der Waals surface area contributed by atoms with Crippen LogP contribution in [0, 0.1) is 5.82 Å². The maximum absolute atomic E-state index is 13.6. The van der Waals surface area contributed by atoms with Crippen LogP contribution < -0.4 is 5.32 Å². The highest BCUT2D eigenvalue weighted by molar-refractivity contribution is 6.02. The SMILES string of the molecule is CCCCCCCCCCC1C(=O)Nc2c(F)cccc21. The van der Waals surface area contributed by atoms with Crippen molar-refractivity contribution in [3.05, 3.63) is 29.6 Å². The van der Waals surface area contributed by atoms with Crippen LogP contribution in [0.2, 0.25) is 0 Å². The number of para-hydroxylation sites is 1. The molecular formula is C18H26FNO. The van der Waals surface area contributed by atoms with Crippen LogP contribution in [0.3, 0.4) is 0 Å². The number of nitrogens with one attached hydrogen (secondary N) is 1. The molecule has 21 heavy (non-hydrogen) atoms. The smallest absolute Gasteiger partial charge is 0.232 e. The van der Waals surface area contributed by atoms with Crippen molar-refractivity contribution in [3.8, 4) is 0 Å². The Bertz CT molecular complexity index is 472. The van der Waals surface area contributed by atoms with Gasteiger partial charge in [-0.05, 0) is 18.1 Å². The van der Waals surface area contributed by atoms with Crippen molar-refractivity contribution in [2.24, 2.45) is 0 Å². The largest absolute Gasteiger partial charge is 0.323 e. The Hall–Kier alpha value is -1.38. The Morgan fingerprint density at radius 2 is 1.71 bits per heavy atom. The van der Waals surface area contributed by atoms with Gasteiger partial charge in [0.05, 0.1) is 11.6 Å². The zero-order valence-electron chi connectivity index (χ0n) is 13.0. The second-order valence-corrected chi connectivity index (χ2v) is 6.01. The van der Waals surface area contributed by atoms with Crippen molar-refractivity contribution in [3.63, 3.8) is 0 Å². The molecule has 0 fully saturated rings. The highest BCUT2D eigenvalue weighted by Crippen LogP contribution is 2.37. The molecule has 0 radical (unpaired) electrons. The molecule has 1 heterocycles. The van der Waals surface area contributed by atoms with Crippen LogP contribution in [0.1, 0.15) is 76.2 Å². The predicted molar refractivity (Wildman–Crippen MR) is 85.0 cm³/mol. The van der Waals surface area contributed by atoms with Gasteiger partial charge in [-0.1, -0.05) is 70.4 Å². The number of fused-ring (bicyclic) bond motifs is 1. The minimum atomic E-state index is -0.320. The highest BCUT2D eigenvalue weighted by Gasteiger charge is 2.31. The van der Waals surface area contributed by atoms with Crippen molar-refractivity contribution in [2.45, 2.75) is 70.6 Å². The van der Waals surface area contributed by atoms with Gasteiger partial charge in [0, 0.05) is 0 Å². The first-order valence-corrected chi connectivity index (χ1v) is 8.33. The quantitative estimate of drug-likeness (QED) is 0.607. The van der Waals surface area contributed by atoms with E-state index in [2.05, 4.69) is 12.2 Å². The van der Waals surface area contributed by atoms with Gasteiger partial charge in [0.1, 0.15) is 5.82 Å². The number of amides is 1. The first-order valence-electron chi connectivity index (χ1n) is 8.33. The fraction of sp³-hybridized carbons (Fsp3) is 0.611. The fourth-order valence-corrected chi connectivity index (χ4v) is 3.08. The van der Waals surface area contributed by atoms with Crippen LogP contribution in [-0.4, -0.2) is 5.91 Å². The van der Waals surface area contributed by atoms with Crippen molar-refractivity contribution in [1.82, 2.24) is 0 Å². The summed E-state index contributed by atoms with van der Waals surface area (Å²) in [7, 11) is 0. The van der Waals surface area contributed by atoms with E-state index in [1.54, 1.807) is 6.07 Å². The highest BCUT2D eigenvalue weighted by atomic mass is 19.1. The summed E-state index contributed by atoms with van der Waals surface area (Å²) in [5.41, 5.74) is 1.23. The minimum Gasteiger partial charge on any atom is -0.323 e. The maximum atomic E-state index is 13.6. The standard InChI is InChI=1S/C18H26FNO/c1-2-3-4-5-6-7-8-9-11-15-14-12-10-13-16(19)17(14)20-18(15)21/h10,12-13,15H,2-9,11H2,1H3,(H,20,21). The molecule has 2 nitrogen and oxygen atoms in total. The van der Waals surface area contributed by atoms with Crippen LogP contribution >= 0.6 is 0 Å². The summed E-state index contributed by atoms with van der Waals surface area (Å²) in [4.78, 5) is 11.9. The molecule has 1 unspecified atom stereocenters. The fourth-order valence-electron chi connectivity index (χ4n) is 3.08. The van der Waals surface area contributed by atoms with Gasteiger partial charge >= 0.3 is 0 Å². The maximum Gasteiger partial charge on any atom is 0.232 e. The Kier molecular flexibility index (Phi) is 6.21. The third kappa shape index (κ3) is 4.29. The Labute approximate surface area is 127 Å². The number of benzene rings is 1. The molecule has 0 saturated heterocycles. The Morgan fingerprint density at radius 3 is 2.43 bits per heavy atom. The summed E-state index contributed by atoms with van der Waals surface area (Å²) < 4.78 is 13.6. The predicted octanol–water partition coefficient (Wildman–Crippen LogP) is 5.39. The summed E-state index contributed by atoms with van der Waals surface area (Å²) in [5, 5.41) is 2.68. The molecule has 1 N–H and O–H groups in total. The van der Waals surface area contributed by atoms with E-state index in [4.69, 9.17) is 0 Å². The molecule has 0 spiro atoms. The monoisotopic (exact) mass is 291 g/mol. The molecule has 0 aliphatic carbocycles. The zero-order chi connectivity index (χ0) is 15.1. The average Bonchev–Trinajstić information content (AvgIpc) is 2.80. The molecule has 1 aromatic rings. The molecule has 0 saturated carbocycles. The van der Waals surface area contributed by atoms with E-state index >= 15 is 0 Å². The topological polar surface area (TPSA) is 29.1 Å². The van der Waals surface area contributed by atoms with Crippen LogP contribution in [-0.2, 0) is 4.79 Å². The normalized spacial score (nSPS) is 16.9. The van der Waals surface area contributed by atoms with E-state index in [1.165, 1.54) is 51.0 Å². The van der Waals surface area contributed by atoms with Crippen LogP contribution in [0.15, 0.2) is 18.2 Å². The van der Waals surface area contributed by atoms with Crippen molar-refractivity contribution in [1.29, 1.82) is 0 Å². The molecule has 1 aliphatic heterocycles. The molecule has 3 heteroatoms. The number of rotatable bonds is 9. The van der Waals surface area contributed by atoms with E-state index in [0.717, 1.165) is 18.4 Å². The molecule has 0 aromatic heterocycles. The third-order valence-corrected chi connectivity index (χ3v) is 4.33. The lowest BCUT2D eigenvalue weighted by atomic mass is 9.94. The summed E-state index contributed by atoms with van der Waals surface area (Å²) in [6, 6.07) is 4.96. The summed E-state index contributed by atoms with van der Waals surface area (Å²) in [6.45, 7) is 2.23. The summed E-state index contributed by atoms with van der Waals surface area (Å²) in [6.07, 6.45) is 10.9. The zero-order valence-corrected chi connectivity index (χ0v) is 13.0. The molecule has 116 valence electrons. The molecular weight excluding hydrogens is 265 g/mol. The van der Waals surface area contributed by atoms with Crippen LogP contribution in [0.4, 0.5) is 10.1 Å². The van der Waals surface area contributed by atoms with Gasteiger partial charge in [-0.15, -0.1) is 0 Å². The van der Waals surface area contributed by atoms with Crippen LogP contribution in [0.25, 0.3) is 0 Å². The molecule has 1 atom stereocenters. The molecule has 1 aliphatic rings. The molecule has 0 bridgehead atoms. The van der Waals surface area contributed by atoms with Gasteiger partial charge < -0.3 is 5.32 Å². The van der Waals surface area contributed by atoms with Crippen molar-refractivity contribution >= 4 is 11.6 Å². The van der Waals surface area contributed by atoms with Gasteiger partial charge in [0.25, 0.3) is 0 Å². The molecule has 1 amide bonds. The number of anilines is 1. The van der Waals surface area contributed by atoms with Gasteiger partial charge in [-0.2, -0.15) is 0 Å². The van der Waals surface area contributed by atoms with Gasteiger partial charge in [-0.25, -0.2) is 4.39 Å². The number of carbonyl (C=O) groups excluding carboxylic acids is 1. The number of unbranched alkanes of at least 4 members (excludes halogenated alkanes) is 7. The summed E-state index contributed by atoms with van der Waals surface area (Å²) in [5.74, 6) is -0.520. The number of carbonyl (C=O) groups is 1. The molecule has 2 rings (SSSR count). The Morgan fingerprint density at radius 1 is 1.05 bits per heavy atom. The third-order valence-electron chi connectivity index (χ3n) is 4.33. The van der Waals surface area contributed by atoms with Gasteiger partial charge in [0.2, 0.25) is 5.91 Å². The lowest BCUT2D eigenvalue weighted by Crippen LogP contribution is -2.12. The number of hydrogen-bond donors (Lipinski definition) is 1. The number of hydrogen-bond acceptors (Lipinski definition) is 1. The van der Waals surface area contributed by atoms with E-state index in [0.29, 0.717) is 5.69 Å². The minimum absolute atomic E-state index is 0.0435. The first kappa shape index (κ1) is 16.0. The van der Waals surface area contributed by atoms with Gasteiger partial charge in [0.15, 0.2) is 0 Å². The van der Waals surface area contributed by atoms with Crippen molar-refractivity contribution < 1.29 is 9.18 Å².